The van der Waals surface area contributed by atoms with Gasteiger partial charge in [0.2, 0.25) is 5.95 Å². The SMILES string of the molecule is Cn1c(=O)c2ccc(-c3cnc(N4CCN5C(=O)NCC5C4)nc3)cc2n1Cc1cc(Cn2cnnc2)ccc1OC(F)F. The lowest BCUT2D eigenvalue weighted by Crippen LogP contribution is -2.52. The van der Waals surface area contributed by atoms with Crippen LogP contribution in [0.25, 0.3) is 22.0 Å². The summed E-state index contributed by atoms with van der Waals surface area (Å²) in [6.45, 7) is 0.0498. The van der Waals surface area contributed by atoms with Gasteiger partial charge in [0.15, 0.2) is 0 Å². The molecule has 5 aromatic rings. The van der Waals surface area contributed by atoms with E-state index in [1.807, 2.05) is 17.0 Å². The highest BCUT2D eigenvalue weighted by atomic mass is 19.3. The van der Waals surface area contributed by atoms with Crippen molar-refractivity contribution in [1.82, 2.24) is 44.3 Å². The summed E-state index contributed by atoms with van der Waals surface area (Å²) in [6.07, 6.45) is 6.61. The third-order valence-electron chi connectivity index (χ3n) is 8.14. The van der Waals surface area contributed by atoms with E-state index in [0.717, 1.165) is 16.7 Å². The molecular formula is C29H28F2N10O3. The third kappa shape index (κ3) is 5.09. The molecule has 2 amide bonds. The minimum atomic E-state index is -3.00. The molecule has 7 rings (SSSR count). The second-order valence-electron chi connectivity index (χ2n) is 10.8. The van der Waals surface area contributed by atoms with Gasteiger partial charge in [-0.3, -0.25) is 14.2 Å². The lowest BCUT2D eigenvalue weighted by molar-refractivity contribution is -0.0505. The Bertz CT molecular complexity index is 1890. The van der Waals surface area contributed by atoms with Crippen LogP contribution in [-0.2, 0) is 20.1 Å². The molecule has 2 aliphatic rings. The number of nitrogens with one attached hydrogen (secondary N) is 1. The first-order valence-corrected chi connectivity index (χ1v) is 14.0. The summed E-state index contributed by atoms with van der Waals surface area (Å²) < 4.78 is 36.4. The number of hydrogen-bond donors (Lipinski definition) is 1. The van der Waals surface area contributed by atoms with Gasteiger partial charge in [0.25, 0.3) is 5.56 Å². The van der Waals surface area contributed by atoms with Crippen LogP contribution in [0.2, 0.25) is 0 Å². The maximum absolute atomic E-state index is 13.3. The summed E-state index contributed by atoms with van der Waals surface area (Å²) in [7, 11) is 1.64. The van der Waals surface area contributed by atoms with Gasteiger partial charge in [0, 0.05) is 56.7 Å². The van der Waals surface area contributed by atoms with Crippen LogP contribution >= 0.6 is 0 Å². The average Bonchev–Trinajstić information content (AvgIpc) is 3.74. The average molecular weight is 603 g/mol. The van der Waals surface area contributed by atoms with Gasteiger partial charge in [0.05, 0.1) is 30.0 Å². The number of hydrogen-bond acceptors (Lipinski definition) is 8. The van der Waals surface area contributed by atoms with Crippen molar-refractivity contribution in [1.29, 1.82) is 0 Å². The van der Waals surface area contributed by atoms with Crippen molar-refractivity contribution in [3.05, 3.63) is 82.9 Å². The molecule has 0 radical (unpaired) electrons. The minimum absolute atomic E-state index is 0.0283. The Balaban J connectivity index is 1.19. The van der Waals surface area contributed by atoms with Crippen LogP contribution in [0.3, 0.4) is 0 Å². The topological polar surface area (TPSA) is 128 Å². The zero-order chi connectivity index (χ0) is 30.4. The molecule has 15 heteroatoms. The first kappa shape index (κ1) is 27.5. The molecule has 1 N–H and O–H groups in total. The number of rotatable bonds is 8. The van der Waals surface area contributed by atoms with Gasteiger partial charge in [-0.2, -0.15) is 8.78 Å². The molecule has 44 heavy (non-hydrogen) atoms. The first-order valence-electron chi connectivity index (χ1n) is 14.0. The molecule has 0 spiro atoms. The molecule has 2 aromatic carbocycles. The number of fused-ring (bicyclic) bond motifs is 2. The summed E-state index contributed by atoms with van der Waals surface area (Å²) in [4.78, 5) is 38.2. The fraction of sp³-hybridized carbons (Fsp3) is 0.310. The van der Waals surface area contributed by atoms with E-state index in [2.05, 4.69) is 30.4 Å². The van der Waals surface area contributed by atoms with Crippen LogP contribution in [0.15, 0.2) is 66.2 Å². The first-order chi connectivity index (χ1) is 21.3. The number of halogens is 2. The molecule has 13 nitrogen and oxygen atoms in total. The number of urea groups is 1. The number of anilines is 1. The summed E-state index contributed by atoms with van der Waals surface area (Å²) in [5.74, 6) is 0.615. The summed E-state index contributed by atoms with van der Waals surface area (Å²) in [5.41, 5.74) is 3.28. The standard InChI is InChI=1S/C29H28F2N10O3/c1-37-26(42)23-4-3-19(21-10-32-28(33-11-21)39-6-7-40-22(15-39)12-34-29(40)43)9-24(23)41(37)14-20-8-18(13-38-16-35-36-17-38)2-5-25(20)44-27(30)31/h2-5,8-11,16-17,22,27H,6-7,12-15H2,1H3,(H,34,43). The fourth-order valence-corrected chi connectivity index (χ4v) is 5.90. The molecule has 2 aliphatic heterocycles. The van der Waals surface area contributed by atoms with Crippen molar-refractivity contribution in [2.24, 2.45) is 7.05 Å². The molecule has 5 heterocycles. The number of aromatic nitrogens is 7. The van der Waals surface area contributed by atoms with Crippen LogP contribution in [0, 0.1) is 0 Å². The second kappa shape index (κ2) is 11.1. The zero-order valence-electron chi connectivity index (χ0n) is 23.7. The predicted molar refractivity (Wildman–Crippen MR) is 156 cm³/mol. The molecule has 3 aromatic heterocycles. The van der Waals surface area contributed by atoms with Gasteiger partial charge >= 0.3 is 12.6 Å². The number of nitrogens with zero attached hydrogens (tertiary/aromatic N) is 9. The van der Waals surface area contributed by atoms with Crippen molar-refractivity contribution < 1.29 is 18.3 Å². The lowest BCUT2D eigenvalue weighted by Gasteiger charge is -2.36. The van der Waals surface area contributed by atoms with Crippen molar-refractivity contribution in [2.75, 3.05) is 31.1 Å². The van der Waals surface area contributed by atoms with E-state index in [0.29, 0.717) is 55.1 Å². The van der Waals surface area contributed by atoms with E-state index in [1.165, 1.54) is 10.7 Å². The molecule has 1 unspecified atom stereocenters. The molecule has 226 valence electrons. The van der Waals surface area contributed by atoms with E-state index < -0.39 is 6.61 Å². The Kier molecular flexibility index (Phi) is 6.91. The summed E-state index contributed by atoms with van der Waals surface area (Å²) >= 11 is 0. The highest BCUT2D eigenvalue weighted by Crippen LogP contribution is 2.28. The molecule has 2 fully saturated rings. The molecule has 2 saturated heterocycles. The molecule has 1 atom stereocenters. The van der Waals surface area contributed by atoms with Gasteiger partial charge in [-0.15, -0.1) is 10.2 Å². The number of carbonyl (C=O) groups excluding carboxylic acids is 1. The van der Waals surface area contributed by atoms with Gasteiger partial charge in [-0.05, 0) is 35.4 Å². The van der Waals surface area contributed by atoms with Crippen LogP contribution in [-0.4, -0.2) is 83.9 Å². The van der Waals surface area contributed by atoms with E-state index in [9.17, 15) is 18.4 Å². The fourth-order valence-electron chi connectivity index (χ4n) is 5.90. The second-order valence-corrected chi connectivity index (χ2v) is 10.8. The summed E-state index contributed by atoms with van der Waals surface area (Å²) in [6, 6.07) is 10.5. The Labute approximate surface area is 249 Å². The monoisotopic (exact) mass is 602 g/mol. The van der Waals surface area contributed by atoms with Crippen molar-refractivity contribution in [3.8, 4) is 16.9 Å². The Morgan fingerprint density at radius 2 is 1.80 bits per heavy atom. The maximum Gasteiger partial charge on any atom is 0.387 e. The van der Waals surface area contributed by atoms with Gasteiger partial charge in [-0.1, -0.05) is 12.1 Å². The van der Waals surface area contributed by atoms with Crippen molar-refractivity contribution in [2.45, 2.75) is 25.7 Å². The zero-order valence-corrected chi connectivity index (χ0v) is 23.7. The van der Waals surface area contributed by atoms with Crippen LogP contribution in [0.1, 0.15) is 11.1 Å². The van der Waals surface area contributed by atoms with Crippen molar-refractivity contribution in [3.63, 3.8) is 0 Å². The minimum Gasteiger partial charge on any atom is -0.434 e. The smallest absolute Gasteiger partial charge is 0.387 e. The number of piperazine rings is 1. The van der Waals surface area contributed by atoms with Crippen LogP contribution < -0.4 is 20.5 Å². The highest BCUT2D eigenvalue weighted by Gasteiger charge is 2.36. The maximum atomic E-state index is 13.3. The van der Waals surface area contributed by atoms with Crippen LogP contribution in [0.5, 0.6) is 5.75 Å². The third-order valence-corrected chi connectivity index (χ3v) is 8.14. The number of ether oxygens (including phenoxy) is 1. The number of amides is 2. The summed E-state index contributed by atoms with van der Waals surface area (Å²) in [5, 5.41) is 11.0. The van der Waals surface area contributed by atoms with Gasteiger partial charge < -0.3 is 24.4 Å². The quantitative estimate of drug-likeness (QED) is 0.287. The van der Waals surface area contributed by atoms with E-state index in [-0.39, 0.29) is 29.9 Å². The number of carbonyl (C=O) groups is 1. The molecule has 0 aliphatic carbocycles. The van der Waals surface area contributed by atoms with Gasteiger partial charge in [0.1, 0.15) is 18.4 Å². The van der Waals surface area contributed by atoms with E-state index >= 15 is 0 Å². The predicted octanol–water partition coefficient (Wildman–Crippen LogP) is 2.30. The highest BCUT2D eigenvalue weighted by molar-refractivity contribution is 5.84. The Hall–Kier alpha value is -5.34. The number of alkyl halides is 2. The lowest BCUT2D eigenvalue weighted by atomic mass is 10.1. The van der Waals surface area contributed by atoms with Crippen molar-refractivity contribution >= 4 is 22.9 Å². The normalized spacial score (nSPS) is 16.5. The largest absolute Gasteiger partial charge is 0.434 e. The van der Waals surface area contributed by atoms with Crippen LogP contribution in [0.4, 0.5) is 19.5 Å². The molecular weight excluding hydrogens is 574 g/mol. The Morgan fingerprint density at radius 3 is 2.57 bits per heavy atom. The van der Waals surface area contributed by atoms with Gasteiger partial charge in [-0.25, -0.2) is 14.8 Å². The molecule has 0 saturated carbocycles. The van der Waals surface area contributed by atoms with E-state index in [4.69, 9.17) is 4.74 Å². The Morgan fingerprint density at radius 1 is 1.00 bits per heavy atom. The van der Waals surface area contributed by atoms with E-state index in [1.54, 1.807) is 59.5 Å². The number of benzene rings is 2. The molecule has 0 bridgehead atoms.